The number of piperidine rings is 1. The number of hydrogen-bond acceptors (Lipinski definition) is 2. The van der Waals surface area contributed by atoms with Crippen molar-refractivity contribution in [3.8, 4) is 0 Å². The predicted octanol–water partition coefficient (Wildman–Crippen LogP) is 1.04. The molecule has 1 amide bonds. The third-order valence-electron chi connectivity index (χ3n) is 2.46. The minimum Gasteiger partial charge on any atom is -0.355 e. The zero-order chi connectivity index (χ0) is 9.52. The van der Waals surface area contributed by atoms with E-state index in [4.69, 9.17) is 0 Å². The minimum absolute atomic E-state index is 0.0746. The summed E-state index contributed by atoms with van der Waals surface area (Å²) in [6.45, 7) is 3.95. The highest BCUT2D eigenvalue weighted by atomic mass is 16.2. The van der Waals surface area contributed by atoms with Gasteiger partial charge in [0.25, 0.3) is 0 Å². The van der Waals surface area contributed by atoms with Crippen LogP contribution in [-0.4, -0.2) is 25.0 Å². The van der Waals surface area contributed by atoms with Gasteiger partial charge in [0.05, 0.1) is 6.04 Å². The van der Waals surface area contributed by atoms with Crippen molar-refractivity contribution in [1.82, 2.24) is 10.6 Å². The van der Waals surface area contributed by atoms with Crippen LogP contribution < -0.4 is 10.6 Å². The Morgan fingerprint density at radius 1 is 1.54 bits per heavy atom. The minimum atomic E-state index is 0.0746. The molecule has 1 heterocycles. The number of carbonyl (C=O) groups is 1. The summed E-state index contributed by atoms with van der Waals surface area (Å²) in [5, 5.41) is 6.19. The molecule has 1 fully saturated rings. The first-order valence-corrected chi connectivity index (χ1v) is 5.35. The van der Waals surface area contributed by atoms with E-state index >= 15 is 0 Å². The number of hydrogen-bond donors (Lipinski definition) is 2. The Morgan fingerprint density at radius 3 is 3.00 bits per heavy atom. The van der Waals surface area contributed by atoms with Crippen molar-refractivity contribution in [2.24, 2.45) is 0 Å². The van der Waals surface area contributed by atoms with Crippen molar-refractivity contribution < 1.29 is 4.79 Å². The predicted molar refractivity (Wildman–Crippen MR) is 53.6 cm³/mol. The van der Waals surface area contributed by atoms with Crippen molar-refractivity contribution >= 4 is 5.91 Å². The highest BCUT2D eigenvalue weighted by molar-refractivity contribution is 5.81. The molecule has 0 radical (unpaired) electrons. The van der Waals surface area contributed by atoms with E-state index in [2.05, 4.69) is 17.6 Å². The molecule has 0 spiro atoms. The Balaban J connectivity index is 2.13. The molecule has 0 bridgehead atoms. The van der Waals surface area contributed by atoms with Gasteiger partial charge in [-0.15, -0.1) is 0 Å². The van der Waals surface area contributed by atoms with Crippen LogP contribution in [0.1, 0.15) is 39.0 Å². The summed E-state index contributed by atoms with van der Waals surface area (Å²) in [6.07, 6.45) is 5.60. The molecule has 1 saturated heterocycles. The number of amides is 1. The molecule has 0 aromatic heterocycles. The largest absolute Gasteiger partial charge is 0.355 e. The van der Waals surface area contributed by atoms with Crippen molar-refractivity contribution in [3.63, 3.8) is 0 Å². The monoisotopic (exact) mass is 184 g/mol. The quantitative estimate of drug-likeness (QED) is 0.641. The SMILES string of the molecule is CCCCNC(=O)[C@H]1CCCCN1. The van der Waals surface area contributed by atoms with Gasteiger partial charge < -0.3 is 10.6 Å². The summed E-state index contributed by atoms with van der Waals surface area (Å²) < 4.78 is 0. The lowest BCUT2D eigenvalue weighted by molar-refractivity contribution is -0.123. The molecule has 1 aliphatic rings. The Morgan fingerprint density at radius 2 is 2.38 bits per heavy atom. The molecule has 2 N–H and O–H groups in total. The first-order valence-electron chi connectivity index (χ1n) is 5.35. The van der Waals surface area contributed by atoms with E-state index < -0.39 is 0 Å². The fourth-order valence-corrected chi connectivity index (χ4v) is 1.59. The lowest BCUT2D eigenvalue weighted by Crippen LogP contribution is -2.46. The Hall–Kier alpha value is -0.570. The fraction of sp³-hybridized carbons (Fsp3) is 0.900. The van der Waals surface area contributed by atoms with Gasteiger partial charge >= 0.3 is 0 Å². The van der Waals surface area contributed by atoms with Crippen LogP contribution in [-0.2, 0) is 4.79 Å². The fourth-order valence-electron chi connectivity index (χ4n) is 1.59. The van der Waals surface area contributed by atoms with Gasteiger partial charge in [0, 0.05) is 6.54 Å². The average molecular weight is 184 g/mol. The van der Waals surface area contributed by atoms with E-state index in [0.717, 1.165) is 32.4 Å². The highest BCUT2D eigenvalue weighted by Crippen LogP contribution is 2.06. The molecule has 76 valence electrons. The molecule has 0 saturated carbocycles. The van der Waals surface area contributed by atoms with Gasteiger partial charge in [0.1, 0.15) is 0 Å². The van der Waals surface area contributed by atoms with Gasteiger partial charge in [0.15, 0.2) is 0 Å². The van der Waals surface area contributed by atoms with E-state index in [1.54, 1.807) is 0 Å². The first-order chi connectivity index (χ1) is 6.34. The summed E-state index contributed by atoms with van der Waals surface area (Å²) in [5.41, 5.74) is 0. The Labute approximate surface area is 80.3 Å². The molecule has 13 heavy (non-hydrogen) atoms. The van der Waals surface area contributed by atoms with Crippen LogP contribution in [0.3, 0.4) is 0 Å². The summed E-state index contributed by atoms with van der Waals surface area (Å²) in [7, 11) is 0. The smallest absolute Gasteiger partial charge is 0.237 e. The number of unbranched alkanes of at least 4 members (excludes halogenated alkanes) is 1. The third kappa shape index (κ3) is 3.77. The first kappa shape index (κ1) is 10.5. The van der Waals surface area contributed by atoms with Crippen LogP contribution >= 0.6 is 0 Å². The number of carbonyl (C=O) groups excluding carboxylic acids is 1. The zero-order valence-corrected chi connectivity index (χ0v) is 8.44. The molecule has 1 rings (SSSR count). The maximum atomic E-state index is 11.5. The van der Waals surface area contributed by atoms with Gasteiger partial charge in [-0.3, -0.25) is 4.79 Å². The van der Waals surface area contributed by atoms with Crippen molar-refractivity contribution in [2.75, 3.05) is 13.1 Å². The van der Waals surface area contributed by atoms with E-state index in [1.807, 2.05) is 0 Å². The standard InChI is InChI=1S/C10H20N2O/c1-2-3-7-12-10(13)9-6-4-5-8-11-9/h9,11H,2-8H2,1H3,(H,12,13)/t9-/m1/s1. The van der Waals surface area contributed by atoms with Gasteiger partial charge in [-0.1, -0.05) is 19.8 Å². The number of rotatable bonds is 4. The Bertz CT molecular complexity index is 153. The Kier molecular flexibility index (Phi) is 4.83. The summed E-state index contributed by atoms with van der Waals surface area (Å²) in [6, 6.07) is 0.0746. The van der Waals surface area contributed by atoms with Crippen LogP contribution in [0.4, 0.5) is 0 Å². The molecule has 3 nitrogen and oxygen atoms in total. The molecule has 3 heteroatoms. The van der Waals surface area contributed by atoms with Crippen molar-refractivity contribution in [1.29, 1.82) is 0 Å². The van der Waals surface area contributed by atoms with E-state index in [9.17, 15) is 4.79 Å². The van der Waals surface area contributed by atoms with Crippen LogP contribution in [0.25, 0.3) is 0 Å². The summed E-state index contributed by atoms with van der Waals surface area (Å²) >= 11 is 0. The van der Waals surface area contributed by atoms with Crippen molar-refractivity contribution in [2.45, 2.75) is 45.1 Å². The molecule has 0 aromatic carbocycles. The van der Waals surface area contributed by atoms with Gasteiger partial charge in [-0.05, 0) is 25.8 Å². The van der Waals surface area contributed by atoms with Crippen LogP contribution in [0.5, 0.6) is 0 Å². The van der Waals surface area contributed by atoms with Gasteiger partial charge in [-0.25, -0.2) is 0 Å². The lowest BCUT2D eigenvalue weighted by atomic mass is 10.0. The molecule has 1 aliphatic heterocycles. The zero-order valence-electron chi connectivity index (χ0n) is 8.44. The second-order valence-electron chi connectivity index (χ2n) is 3.65. The summed E-state index contributed by atoms with van der Waals surface area (Å²) in [5.74, 6) is 0.188. The van der Waals surface area contributed by atoms with Crippen molar-refractivity contribution in [3.05, 3.63) is 0 Å². The summed E-state index contributed by atoms with van der Waals surface area (Å²) in [4.78, 5) is 11.5. The van der Waals surface area contributed by atoms with Crippen LogP contribution in [0.15, 0.2) is 0 Å². The van der Waals surface area contributed by atoms with Crippen LogP contribution in [0.2, 0.25) is 0 Å². The molecular formula is C10H20N2O. The van der Waals surface area contributed by atoms with Gasteiger partial charge in [0.2, 0.25) is 5.91 Å². The molecule has 0 unspecified atom stereocenters. The van der Waals surface area contributed by atoms with Crippen LogP contribution in [0, 0.1) is 0 Å². The average Bonchev–Trinajstić information content (AvgIpc) is 2.19. The molecule has 1 atom stereocenters. The maximum Gasteiger partial charge on any atom is 0.237 e. The second-order valence-corrected chi connectivity index (χ2v) is 3.65. The third-order valence-corrected chi connectivity index (χ3v) is 2.46. The van der Waals surface area contributed by atoms with Gasteiger partial charge in [-0.2, -0.15) is 0 Å². The lowest BCUT2D eigenvalue weighted by Gasteiger charge is -2.22. The maximum absolute atomic E-state index is 11.5. The molecule has 0 aromatic rings. The number of nitrogens with one attached hydrogen (secondary N) is 2. The van der Waals surface area contributed by atoms with E-state index in [0.29, 0.717) is 0 Å². The normalized spacial score (nSPS) is 22.7. The topological polar surface area (TPSA) is 41.1 Å². The van der Waals surface area contributed by atoms with E-state index in [1.165, 1.54) is 12.8 Å². The highest BCUT2D eigenvalue weighted by Gasteiger charge is 2.19. The second kappa shape index (κ2) is 5.97. The molecule has 0 aliphatic carbocycles. The molecular weight excluding hydrogens is 164 g/mol. The van der Waals surface area contributed by atoms with E-state index in [-0.39, 0.29) is 11.9 Å².